The molecule has 5 heteroatoms. The van der Waals surface area contributed by atoms with Crippen molar-refractivity contribution in [2.75, 3.05) is 10.2 Å². The van der Waals surface area contributed by atoms with Gasteiger partial charge in [-0.3, -0.25) is 9.59 Å². The third-order valence-corrected chi connectivity index (χ3v) is 7.15. The highest BCUT2D eigenvalue weighted by molar-refractivity contribution is 6.00. The predicted molar refractivity (Wildman–Crippen MR) is 138 cm³/mol. The van der Waals surface area contributed by atoms with Crippen molar-refractivity contribution in [3.05, 3.63) is 102 Å². The molecule has 0 saturated carbocycles. The molecule has 1 aromatic heterocycles. The number of ketones is 1. The van der Waals surface area contributed by atoms with Crippen molar-refractivity contribution in [3.8, 4) is 0 Å². The summed E-state index contributed by atoms with van der Waals surface area (Å²) in [6.45, 7) is 8.18. The number of nitrogens with zero attached hydrogens (tertiary/aromatic N) is 1. The number of hydrogen-bond acceptors (Lipinski definition) is 3. The fourth-order valence-corrected chi connectivity index (χ4v) is 5.35. The second-order valence-electron chi connectivity index (χ2n) is 10.6. The van der Waals surface area contributed by atoms with Gasteiger partial charge < -0.3 is 10.2 Å². The van der Waals surface area contributed by atoms with Crippen molar-refractivity contribution < 1.29 is 14.6 Å². The van der Waals surface area contributed by atoms with Crippen LogP contribution in [0.25, 0.3) is 0 Å². The number of aromatic amines is 1. The van der Waals surface area contributed by atoms with E-state index in [1.165, 1.54) is 5.56 Å². The van der Waals surface area contributed by atoms with Crippen LogP contribution in [-0.4, -0.2) is 11.7 Å². The lowest BCUT2D eigenvalue weighted by atomic mass is 9.75. The summed E-state index contributed by atoms with van der Waals surface area (Å²) >= 11 is 0. The molecular weight excluding hydrogens is 434 g/mol. The van der Waals surface area contributed by atoms with Gasteiger partial charge in [0.2, 0.25) is 5.91 Å². The number of fused-ring (bicyclic) bond motifs is 2. The molecule has 2 aromatic carbocycles. The number of benzene rings is 2. The van der Waals surface area contributed by atoms with Gasteiger partial charge in [-0.1, -0.05) is 63.2 Å². The molecular formula is C30H32N3O2+. The van der Waals surface area contributed by atoms with E-state index in [4.69, 9.17) is 0 Å². The molecule has 35 heavy (non-hydrogen) atoms. The van der Waals surface area contributed by atoms with Gasteiger partial charge in [-0.05, 0) is 34.2 Å². The normalized spacial score (nSPS) is 21.8. The average Bonchev–Trinajstić information content (AvgIpc) is 2.99. The summed E-state index contributed by atoms with van der Waals surface area (Å²) in [5.74, 6) is -0.447. The van der Waals surface area contributed by atoms with E-state index in [2.05, 4.69) is 61.4 Å². The van der Waals surface area contributed by atoms with Gasteiger partial charge in [0, 0.05) is 37.1 Å². The monoisotopic (exact) mass is 466 g/mol. The zero-order valence-corrected chi connectivity index (χ0v) is 20.7. The van der Waals surface area contributed by atoms with Gasteiger partial charge in [-0.25, -0.2) is 4.98 Å². The number of carbonyl (C=O) groups is 2. The minimum absolute atomic E-state index is 0.0175. The van der Waals surface area contributed by atoms with Crippen molar-refractivity contribution in [1.29, 1.82) is 0 Å². The van der Waals surface area contributed by atoms with Crippen LogP contribution in [0.5, 0.6) is 0 Å². The van der Waals surface area contributed by atoms with Crippen LogP contribution < -0.4 is 15.2 Å². The van der Waals surface area contributed by atoms with Gasteiger partial charge in [0.15, 0.2) is 12.4 Å². The van der Waals surface area contributed by atoms with Crippen LogP contribution in [-0.2, 0) is 15.0 Å². The average molecular weight is 467 g/mol. The molecule has 1 aliphatic heterocycles. The number of anilines is 2. The molecule has 1 aliphatic carbocycles. The SMILES string of the molecule is CC(=O)N1c2ccccc2NC2=CC(c3ccc(C(C)(C)C)cc3)CC(=O)C2C1c1cc[nH+]cc1. The Morgan fingerprint density at radius 2 is 1.66 bits per heavy atom. The number of allylic oxidation sites excluding steroid dienone is 1. The number of hydrogen-bond donors (Lipinski definition) is 1. The van der Waals surface area contributed by atoms with Crippen molar-refractivity contribution in [1.82, 2.24) is 0 Å². The molecule has 0 fully saturated rings. The summed E-state index contributed by atoms with van der Waals surface area (Å²) in [4.78, 5) is 31.7. The number of Topliss-reactive ketones (excluding diaryl/α,β-unsaturated/α-hetero) is 1. The van der Waals surface area contributed by atoms with Gasteiger partial charge in [0.1, 0.15) is 5.78 Å². The quantitative estimate of drug-likeness (QED) is 0.537. The van der Waals surface area contributed by atoms with Crippen LogP contribution in [0.4, 0.5) is 11.4 Å². The molecule has 0 bridgehead atoms. The third-order valence-electron chi connectivity index (χ3n) is 7.15. The third kappa shape index (κ3) is 4.27. The smallest absolute Gasteiger partial charge is 0.224 e. The first-order chi connectivity index (χ1) is 16.7. The Bertz CT molecular complexity index is 1290. The lowest BCUT2D eigenvalue weighted by Gasteiger charge is -2.37. The largest absolute Gasteiger partial charge is 0.357 e. The van der Waals surface area contributed by atoms with Crippen LogP contribution >= 0.6 is 0 Å². The van der Waals surface area contributed by atoms with Crippen molar-refractivity contribution in [3.63, 3.8) is 0 Å². The lowest BCUT2D eigenvalue weighted by molar-refractivity contribution is -0.378. The highest BCUT2D eigenvalue weighted by Gasteiger charge is 2.44. The van der Waals surface area contributed by atoms with Gasteiger partial charge in [-0.15, -0.1) is 0 Å². The predicted octanol–water partition coefficient (Wildman–Crippen LogP) is 5.57. The molecule has 2 N–H and O–H groups in total. The molecule has 1 amide bonds. The second kappa shape index (κ2) is 8.81. The van der Waals surface area contributed by atoms with Gasteiger partial charge >= 0.3 is 0 Å². The molecule has 3 unspecified atom stereocenters. The molecule has 0 saturated heterocycles. The summed E-state index contributed by atoms with van der Waals surface area (Å²) in [7, 11) is 0. The molecule has 0 spiro atoms. The van der Waals surface area contributed by atoms with E-state index in [9.17, 15) is 9.59 Å². The van der Waals surface area contributed by atoms with Crippen LogP contribution in [0.1, 0.15) is 62.8 Å². The fraction of sp³-hybridized carbons (Fsp3) is 0.300. The zero-order chi connectivity index (χ0) is 24.7. The first-order valence-electron chi connectivity index (χ1n) is 12.2. The van der Waals surface area contributed by atoms with Crippen LogP contribution in [0, 0.1) is 5.92 Å². The topological polar surface area (TPSA) is 63.6 Å². The molecule has 2 heterocycles. The molecule has 2 aliphatic rings. The Kier molecular flexibility index (Phi) is 5.79. The summed E-state index contributed by atoms with van der Waals surface area (Å²) in [5, 5.41) is 3.55. The van der Waals surface area contributed by atoms with E-state index in [1.54, 1.807) is 11.8 Å². The van der Waals surface area contributed by atoms with Crippen molar-refractivity contribution in [2.24, 2.45) is 5.92 Å². The van der Waals surface area contributed by atoms with E-state index in [-0.39, 0.29) is 23.0 Å². The Morgan fingerprint density at radius 1 is 0.971 bits per heavy atom. The summed E-state index contributed by atoms with van der Waals surface area (Å²) < 4.78 is 0. The second-order valence-corrected chi connectivity index (χ2v) is 10.6. The summed E-state index contributed by atoms with van der Waals surface area (Å²) in [6, 6.07) is 19.9. The Hall–Kier alpha value is -3.73. The van der Waals surface area contributed by atoms with Gasteiger partial charge in [-0.2, -0.15) is 0 Å². The van der Waals surface area contributed by atoms with Crippen LogP contribution in [0.3, 0.4) is 0 Å². The summed E-state index contributed by atoms with van der Waals surface area (Å²) in [6.07, 6.45) is 6.28. The number of para-hydroxylation sites is 2. The highest BCUT2D eigenvalue weighted by atomic mass is 16.2. The number of H-pyrrole nitrogens is 1. The Balaban J connectivity index is 1.64. The standard InChI is InChI=1S/C30H31N3O2/c1-19(34)33-26-8-6-5-7-24(26)32-25-17-22(20-9-11-23(12-10-20)30(2,3)4)18-27(35)28(25)29(33)21-13-15-31-16-14-21/h5-17,22,28-29,32H,18H2,1-4H3/p+1. The van der Waals surface area contributed by atoms with Crippen molar-refractivity contribution in [2.45, 2.75) is 51.5 Å². The van der Waals surface area contributed by atoms with E-state index in [0.29, 0.717) is 6.42 Å². The van der Waals surface area contributed by atoms with E-state index < -0.39 is 12.0 Å². The first kappa shape index (κ1) is 23.0. The molecule has 3 atom stereocenters. The Morgan fingerprint density at radius 3 is 2.31 bits per heavy atom. The minimum Gasteiger partial charge on any atom is -0.357 e. The molecule has 3 aromatic rings. The molecule has 5 rings (SSSR count). The molecule has 178 valence electrons. The maximum Gasteiger partial charge on any atom is 0.224 e. The number of pyridine rings is 1. The number of rotatable bonds is 2. The number of aromatic nitrogens is 1. The minimum atomic E-state index is -0.473. The zero-order valence-electron chi connectivity index (χ0n) is 20.7. The van der Waals surface area contributed by atoms with Gasteiger partial charge in [0.05, 0.1) is 23.3 Å². The molecule has 5 nitrogen and oxygen atoms in total. The number of carbonyl (C=O) groups excluding carboxylic acids is 2. The van der Waals surface area contributed by atoms with E-state index in [1.807, 2.05) is 48.8 Å². The molecule has 0 radical (unpaired) electrons. The maximum absolute atomic E-state index is 13.9. The van der Waals surface area contributed by atoms with Crippen LogP contribution in [0.2, 0.25) is 0 Å². The highest BCUT2D eigenvalue weighted by Crippen LogP contribution is 2.47. The lowest BCUT2D eigenvalue weighted by Crippen LogP contribution is -2.41. The number of nitrogens with one attached hydrogen (secondary N) is 2. The van der Waals surface area contributed by atoms with Crippen molar-refractivity contribution >= 4 is 23.1 Å². The first-order valence-corrected chi connectivity index (χ1v) is 12.2. The summed E-state index contributed by atoms with van der Waals surface area (Å²) in [5.41, 5.74) is 5.88. The number of amides is 1. The van der Waals surface area contributed by atoms with E-state index >= 15 is 0 Å². The van der Waals surface area contributed by atoms with Crippen LogP contribution in [0.15, 0.2) is 84.8 Å². The Labute approximate surface area is 206 Å². The van der Waals surface area contributed by atoms with E-state index in [0.717, 1.165) is 28.2 Å². The maximum atomic E-state index is 13.9. The van der Waals surface area contributed by atoms with Gasteiger partial charge in [0.25, 0.3) is 0 Å². The fourth-order valence-electron chi connectivity index (χ4n) is 5.35.